The minimum absolute atomic E-state index is 0.0245. The average Bonchev–Trinajstić information content (AvgIpc) is 2.89. The van der Waals surface area contributed by atoms with Crippen LogP contribution < -0.4 is 0 Å². The average molecular weight is 215 g/mol. The zero-order chi connectivity index (χ0) is 12.0. The molecule has 1 saturated carbocycles. The van der Waals surface area contributed by atoms with Crippen molar-refractivity contribution in [1.82, 2.24) is 0 Å². The zero-order valence-electron chi connectivity index (χ0n) is 9.84. The number of fused-ring (bicyclic) bond motifs is 2. The summed E-state index contributed by atoms with van der Waals surface area (Å²) < 4.78 is 8.07. The third-order valence-corrected chi connectivity index (χ3v) is 3.54. The molecule has 1 aromatic rings. The highest BCUT2D eigenvalue weighted by atomic mass is 16.3. The number of para-hydroxylation sites is 1. The summed E-state index contributed by atoms with van der Waals surface area (Å²) in [6.45, 7) is 0. The molecule has 16 heavy (non-hydrogen) atoms. The predicted molar refractivity (Wildman–Crippen MR) is 61.3 cm³/mol. The molecule has 1 fully saturated rings. The number of ketones is 1. The number of hydrogen-bond donors (Lipinski definition) is 1. The van der Waals surface area contributed by atoms with Crippen molar-refractivity contribution >= 4 is 5.78 Å². The van der Waals surface area contributed by atoms with Gasteiger partial charge in [0.15, 0.2) is 5.78 Å². The van der Waals surface area contributed by atoms with Gasteiger partial charge in [-0.05, 0) is 36.8 Å². The van der Waals surface area contributed by atoms with Crippen molar-refractivity contribution in [3.8, 4) is 5.75 Å². The molecule has 0 amide bonds. The summed E-state index contributed by atoms with van der Waals surface area (Å²) in [7, 11) is 0. The summed E-state index contributed by atoms with van der Waals surface area (Å²) in [5.41, 5.74) is 0.357. The number of phenolic OH excluding ortho intramolecular Hbond substituents is 1. The van der Waals surface area contributed by atoms with Crippen molar-refractivity contribution in [2.75, 3.05) is 0 Å². The molecule has 3 rings (SSSR count). The Morgan fingerprint density at radius 2 is 2.19 bits per heavy atom. The second-order valence-electron chi connectivity index (χ2n) is 4.55. The smallest absolute Gasteiger partial charge is 0.170 e. The molecule has 2 nitrogen and oxygen atoms in total. The van der Waals surface area contributed by atoms with E-state index in [0.29, 0.717) is 5.56 Å². The first-order valence-corrected chi connectivity index (χ1v) is 5.61. The standard InChI is InChI=1S/C14H14O2/c15-13-4-2-1-3-11(13)14(16)12-8-9-5-6-10(12)7-9/h1-6,9-10,12,15H,7-8H2/t9-,10+,12-/m0/s1/i8D/t8?,9-,10+,12-. The van der Waals surface area contributed by atoms with Gasteiger partial charge in [0.05, 0.1) is 5.56 Å². The number of Topliss-reactive ketones (excluding diaryl/α,β-unsaturated/α-hetero) is 1. The van der Waals surface area contributed by atoms with Gasteiger partial charge in [-0.25, -0.2) is 0 Å². The Morgan fingerprint density at radius 3 is 2.88 bits per heavy atom. The molecule has 0 aromatic heterocycles. The van der Waals surface area contributed by atoms with Crippen molar-refractivity contribution < 1.29 is 11.3 Å². The molecule has 4 atom stereocenters. The summed E-state index contributed by atoms with van der Waals surface area (Å²) in [6.07, 6.45) is 4.67. The first-order valence-electron chi connectivity index (χ1n) is 6.19. The van der Waals surface area contributed by atoms with Gasteiger partial charge in [-0.3, -0.25) is 4.79 Å². The molecule has 2 aliphatic carbocycles. The largest absolute Gasteiger partial charge is 0.507 e. The number of aromatic hydroxyl groups is 1. The third kappa shape index (κ3) is 1.37. The SMILES string of the molecule is [2H]C1[C@H]2C=C[C@H](C2)[C@H]1C(=O)c1ccccc1O. The van der Waals surface area contributed by atoms with Crippen LogP contribution in [0.5, 0.6) is 5.75 Å². The predicted octanol–water partition coefficient (Wildman–Crippen LogP) is 2.79. The van der Waals surface area contributed by atoms with Crippen LogP contribution in [-0.2, 0) is 0 Å². The van der Waals surface area contributed by atoms with Gasteiger partial charge in [0.25, 0.3) is 0 Å². The van der Waals surface area contributed by atoms with Crippen molar-refractivity contribution in [3.63, 3.8) is 0 Å². The molecule has 0 saturated heterocycles. The molecular formula is C14H14O2. The Bertz CT molecular complexity index is 495. The van der Waals surface area contributed by atoms with Crippen molar-refractivity contribution in [1.29, 1.82) is 0 Å². The van der Waals surface area contributed by atoms with E-state index in [2.05, 4.69) is 12.2 Å². The van der Waals surface area contributed by atoms with Gasteiger partial charge in [-0.2, -0.15) is 0 Å². The van der Waals surface area contributed by atoms with Crippen LogP contribution in [0, 0.1) is 17.8 Å². The highest BCUT2D eigenvalue weighted by molar-refractivity contribution is 6.00. The van der Waals surface area contributed by atoms with Gasteiger partial charge in [-0.1, -0.05) is 24.3 Å². The highest BCUT2D eigenvalue weighted by Crippen LogP contribution is 2.45. The maximum Gasteiger partial charge on any atom is 0.170 e. The van der Waals surface area contributed by atoms with Crippen molar-refractivity contribution in [3.05, 3.63) is 42.0 Å². The molecule has 0 radical (unpaired) electrons. The van der Waals surface area contributed by atoms with Gasteiger partial charge >= 0.3 is 0 Å². The van der Waals surface area contributed by atoms with Gasteiger partial charge < -0.3 is 5.11 Å². The number of allylic oxidation sites excluding steroid dienone is 2. The summed E-state index contributed by atoms with van der Waals surface area (Å²) in [5, 5.41) is 9.70. The summed E-state index contributed by atoms with van der Waals surface area (Å²) in [4.78, 5) is 12.4. The minimum atomic E-state index is -0.350. The lowest BCUT2D eigenvalue weighted by atomic mass is 9.86. The Morgan fingerprint density at radius 1 is 1.38 bits per heavy atom. The van der Waals surface area contributed by atoms with E-state index < -0.39 is 0 Å². The fourth-order valence-corrected chi connectivity index (χ4v) is 2.72. The zero-order valence-corrected chi connectivity index (χ0v) is 8.84. The van der Waals surface area contributed by atoms with E-state index in [1.54, 1.807) is 18.2 Å². The van der Waals surface area contributed by atoms with Crippen molar-refractivity contribution in [2.45, 2.75) is 12.8 Å². The topological polar surface area (TPSA) is 37.3 Å². The number of phenols is 1. The van der Waals surface area contributed by atoms with Crippen LogP contribution in [0.4, 0.5) is 0 Å². The van der Waals surface area contributed by atoms with E-state index in [1.165, 1.54) is 6.07 Å². The molecular weight excluding hydrogens is 200 g/mol. The molecule has 1 N–H and O–H groups in total. The molecule has 1 unspecified atom stereocenters. The monoisotopic (exact) mass is 215 g/mol. The molecule has 0 aliphatic heterocycles. The van der Waals surface area contributed by atoms with Crippen LogP contribution in [0.15, 0.2) is 36.4 Å². The first-order chi connectivity index (χ1) is 8.18. The third-order valence-electron chi connectivity index (χ3n) is 3.54. The van der Waals surface area contributed by atoms with Crippen LogP contribution in [0.1, 0.15) is 24.5 Å². The van der Waals surface area contributed by atoms with Crippen LogP contribution in [0.25, 0.3) is 0 Å². The lowest BCUT2D eigenvalue weighted by molar-refractivity contribution is 0.0898. The summed E-state index contributed by atoms with van der Waals surface area (Å²) >= 11 is 0. The molecule has 0 spiro atoms. The van der Waals surface area contributed by atoms with E-state index >= 15 is 0 Å². The van der Waals surface area contributed by atoms with Crippen LogP contribution in [0.2, 0.25) is 0 Å². The highest BCUT2D eigenvalue weighted by Gasteiger charge is 2.40. The molecule has 2 heteroatoms. The molecule has 1 aromatic carbocycles. The fraction of sp³-hybridized carbons (Fsp3) is 0.357. The number of carbonyl (C=O) groups excluding carboxylic acids is 1. The maximum absolute atomic E-state index is 12.4. The number of carbonyl (C=O) groups is 1. The summed E-state index contributed by atoms with van der Waals surface area (Å²) in [5.74, 6) is 0.0733. The van der Waals surface area contributed by atoms with Crippen LogP contribution in [0.3, 0.4) is 0 Å². The molecule has 2 aliphatic rings. The van der Waals surface area contributed by atoms with Gasteiger partial charge in [0.1, 0.15) is 5.75 Å². The Hall–Kier alpha value is -1.57. The van der Waals surface area contributed by atoms with Crippen LogP contribution >= 0.6 is 0 Å². The normalized spacial score (nSPS) is 36.4. The van der Waals surface area contributed by atoms with Gasteiger partial charge in [0, 0.05) is 7.29 Å². The number of benzene rings is 1. The van der Waals surface area contributed by atoms with E-state index in [1.807, 2.05) is 0 Å². The Labute approximate surface area is 96.0 Å². The minimum Gasteiger partial charge on any atom is -0.507 e. The Balaban J connectivity index is 1.94. The van der Waals surface area contributed by atoms with E-state index in [4.69, 9.17) is 1.37 Å². The fourth-order valence-electron chi connectivity index (χ4n) is 2.72. The van der Waals surface area contributed by atoms with Crippen molar-refractivity contribution in [2.24, 2.45) is 17.8 Å². The number of hydrogen-bond acceptors (Lipinski definition) is 2. The van der Waals surface area contributed by atoms with Gasteiger partial charge in [-0.15, -0.1) is 0 Å². The lowest BCUT2D eigenvalue weighted by Gasteiger charge is -2.17. The molecule has 82 valence electrons. The second kappa shape index (κ2) is 3.48. The quantitative estimate of drug-likeness (QED) is 0.608. The Kier molecular flexibility index (Phi) is 1.86. The number of rotatable bonds is 2. The summed E-state index contributed by atoms with van der Waals surface area (Å²) in [6, 6.07) is 6.61. The maximum atomic E-state index is 12.4. The molecule has 2 bridgehead atoms. The molecule has 0 heterocycles. The van der Waals surface area contributed by atoms with E-state index in [0.717, 1.165) is 6.42 Å². The lowest BCUT2D eigenvalue weighted by Crippen LogP contribution is -2.19. The van der Waals surface area contributed by atoms with Gasteiger partial charge in [0.2, 0.25) is 0 Å². The van der Waals surface area contributed by atoms with E-state index in [-0.39, 0.29) is 35.7 Å². The van der Waals surface area contributed by atoms with E-state index in [9.17, 15) is 9.90 Å². The van der Waals surface area contributed by atoms with Crippen LogP contribution in [-0.4, -0.2) is 10.9 Å². The first kappa shape index (κ1) is 8.57. The second-order valence-corrected chi connectivity index (χ2v) is 4.55.